The van der Waals surface area contributed by atoms with Gasteiger partial charge in [-0.05, 0) is 15.9 Å². The smallest absolute Gasteiger partial charge is 0.159 e. The van der Waals surface area contributed by atoms with Gasteiger partial charge in [0.1, 0.15) is 28.1 Å². The predicted octanol–water partition coefficient (Wildman–Crippen LogP) is 2.94. The van der Waals surface area contributed by atoms with Gasteiger partial charge in [-0.2, -0.15) is 0 Å². The molecule has 0 radical (unpaired) electrons. The van der Waals surface area contributed by atoms with Crippen LogP contribution >= 0.6 is 27.5 Å². The van der Waals surface area contributed by atoms with Crippen molar-refractivity contribution < 1.29 is 9.47 Å². The number of aromatic nitrogens is 2. The van der Waals surface area contributed by atoms with Crippen molar-refractivity contribution in [2.45, 2.75) is 0 Å². The summed E-state index contributed by atoms with van der Waals surface area (Å²) in [6.45, 7) is 0. The van der Waals surface area contributed by atoms with Gasteiger partial charge in [0.25, 0.3) is 0 Å². The van der Waals surface area contributed by atoms with Crippen molar-refractivity contribution in [3.8, 4) is 11.5 Å². The molecule has 0 aliphatic rings. The van der Waals surface area contributed by atoms with Gasteiger partial charge in [-0.25, -0.2) is 15.8 Å². The lowest BCUT2D eigenvalue weighted by molar-refractivity contribution is 0.405. The quantitative estimate of drug-likeness (QED) is 0.547. The molecule has 1 aromatic carbocycles. The molecule has 2 aromatic rings. The zero-order valence-corrected chi connectivity index (χ0v) is 13.6. The second-order valence-electron chi connectivity index (χ2n) is 3.84. The first-order valence-electron chi connectivity index (χ1n) is 5.76. The Labute approximate surface area is 134 Å². The maximum absolute atomic E-state index is 6.07. The molecule has 0 aliphatic heterocycles. The van der Waals surface area contributed by atoms with E-state index in [0.717, 1.165) is 0 Å². The molecule has 9 heteroatoms. The second-order valence-corrected chi connectivity index (χ2v) is 5.04. The van der Waals surface area contributed by atoms with E-state index in [1.54, 1.807) is 19.2 Å². The van der Waals surface area contributed by atoms with E-state index in [2.05, 4.69) is 36.6 Å². The SMILES string of the molecule is COc1cc(Nc2ncnc(NN)c2Br)c(OC)cc1Cl. The van der Waals surface area contributed by atoms with E-state index in [0.29, 0.717) is 38.3 Å². The molecule has 112 valence electrons. The van der Waals surface area contributed by atoms with Crippen LogP contribution in [0.15, 0.2) is 22.9 Å². The molecule has 0 saturated carbocycles. The van der Waals surface area contributed by atoms with Crippen molar-refractivity contribution in [3.05, 3.63) is 28.0 Å². The summed E-state index contributed by atoms with van der Waals surface area (Å²) in [5.41, 5.74) is 3.11. The number of methoxy groups -OCH3 is 2. The van der Waals surface area contributed by atoms with Crippen LogP contribution in [0.2, 0.25) is 5.02 Å². The van der Waals surface area contributed by atoms with E-state index in [4.69, 9.17) is 26.9 Å². The third-order valence-electron chi connectivity index (χ3n) is 2.65. The van der Waals surface area contributed by atoms with Gasteiger partial charge in [0.05, 0.1) is 24.9 Å². The van der Waals surface area contributed by atoms with Crippen LogP contribution < -0.4 is 26.1 Å². The number of rotatable bonds is 5. The average Bonchev–Trinajstić information content (AvgIpc) is 2.50. The summed E-state index contributed by atoms with van der Waals surface area (Å²) in [6, 6.07) is 3.37. The lowest BCUT2D eigenvalue weighted by Gasteiger charge is -2.14. The van der Waals surface area contributed by atoms with Gasteiger partial charge in [-0.1, -0.05) is 11.6 Å². The topological polar surface area (TPSA) is 94.3 Å². The van der Waals surface area contributed by atoms with Gasteiger partial charge in [0, 0.05) is 12.1 Å². The first kappa shape index (κ1) is 15.6. The maximum Gasteiger partial charge on any atom is 0.159 e. The van der Waals surface area contributed by atoms with Gasteiger partial charge in [-0.15, -0.1) is 0 Å². The molecule has 0 aliphatic carbocycles. The summed E-state index contributed by atoms with van der Waals surface area (Å²) in [6.07, 6.45) is 1.38. The van der Waals surface area contributed by atoms with E-state index in [1.807, 2.05) is 0 Å². The van der Waals surface area contributed by atoms with Gasteiger partial charge >= 0.3 is 0 Å². The lowest BCUT2D eigenvalue weighted by Crippen LogP contribution is -2.10. The summed E-state index contributed by atoms with van der Waals surface area (Å²) in [7, 11) is 3.08. The standard InChI is InChI=1S/C12H13BrClN5O2/c1-20-8-4-7(9(21-2)3-6(8)14)18-11-10(13)12(19-15)17-5-16-11/h3-5H,15H2,1-2H3,(H2,16,17,18,19). The Balaban J connectivity index is 2.43. The Bertz CT molecular complexity index is 656. The zero-order valence-electron chi connectivity index (χ0n) is 11.3. The molecule has 1 heterocycles. The number of benzene rings is 1. The van der Waals surface area contributed by atoms with Crippen molar-refractivity contribution in [2.24, 2.45) is 5.84 Å². The van der Waals surface area contributed by atoms with Crippen molar-refractivity contribution in [1.82, 2.24) is 9.97 Å². The summed E-state index contributed by atoms with van der Waals surface area (Å²) in [5, 5.41) is 3.56. The Morgan fingerprint density at radius 1 is 1.14 bits per heavy atom. The van der Waals surface area contributed by atoms with E-state index in [-0.39, 0.29) is 0 Å². The molecular weight excluding hydrogens is 362 g/mol. The number of nitrogens with zero attached hydrogens (tertiary/aromatic N) is 2. The summed E-state index contributed by atoms with van der Waals surface area (Å²) >= 11 is 9.44. The molecule has 7 nitrogen and oxygen atoms in total. The third kappa shape index (κ3) is 3.29. The Kier molecular flexibility index (Phi) is 5.05. The highest BCUT2D eigenvalue weighted by molar-refractivity contribution is 9.10. The van der Waals surface area contributed by atoms with Gasteiger partial charge in [0.15, 0.2) is 5.82 Å². The number of halogens is 2. The number of hydrogen-bond acceptors (Lipinski definition) is 7. The summed E-state index contributed by atoms with van der Waals surface area (Å²) in [4.78, 5) is 8.12. The minimum Gasteiger partial charge on any atom is -0.495 e. The fourth-order valence-corrected chi connectivity index (χ4v) is 2.29. The molecule has 21 heavy (non-hydrogen) atoms. The van der Waals surface area contributed by atoms with Crippen molar-refractivity contribution >= 4 is 44.9 Å². The minimum absolute atomic E-state index is 0.450. The highest BCUT2D eigenvalue weighted by Crippen LogP contribution is 2.38. The molecular formula is C12H13BrClN5O2. The van der Waals surface area contributed by atoms with Crippen LogP contribution in [-0.2, 0) is 0 Å². The van der Waals surface area contributed by atoms with E-state index in [9.17, 15) is 0 Å². The van der Waals surface area contributed by atoms with Crippen molar-refractivity contribution in [2.75, 3.05) is 25.0 Å². The molecule has 0 fully saturated rings. The predicted molar refractivity (Wildman–Crippen MR) is 85.4 cm³/mol. The van der Waals surface area contributed by atoms with Crippen LogP contribution in [0, 0.1) is 0 Å². The zero-order chi connectivity index (χ0) is 15.4. The molecule has 0 spiro atoms. The third-order valence-corrected chi connectivity index (χ3v) is 3.70. The van der Waals surface area contributed by atoms with Crippen LogP contribution in [-0.4, -0.2) is 24.2 Å². The average molecular weight is 375 g/mol. The summed E-state index contributed by atoms with van der Waals surface area (Å²) < 4.78 is 11.1. The first-order chi connectivity index (χ1) is 10.1. The molecule has 0 saturated heterocycles. The molecule has 4 N–H and O–H groups in total. The molecule has 0 bridgehead atoms. The number of anilines is 3. The highest BCUT2D eigenvalue weighted by Gasteiger charge is 2.13. The number of hydrogen-bond donors (Lipinski definition) is 3. The van der Waals surface area contributed by atoms with E-state index in [1.165, 1.54) is 13.4 Å². The lowest BCUT2D eigenvalue weighted by atomic mass is 10.2. The molecule has 2 rings (SSSR count). The summed E-state index contributed by atoms with van der Waals surface area (Å²) in [5.74, 6) is 7.41. The normalized spacial score (nSPS) is 10.1. The van der Waals surface area contributed by atoms with Crippen LogP contribution in [0.5, 0.6) is 11.5 Å². The molecule has 0 atom stereocenters. The number of nitrogens with one attached hydrogen (secondary N) is 2. The monoisotopic (exact) mass is 373 g/mol. The second kappa shape index (κ2) is 6.79. The van der Waals surface area contributed by atoms with Crippen LogP contribution in [0.25, 0.3) is 0 Å². The number of hydrazine groups is 1. The molecule has 0 amide bonds. The molecule has 0 unspecified atom stereocenters. The van der Waals surface area contributed by atoms with Gasteiger partial charge in [0.2, 0.25) is 0 Å². The highest BCUT2D eigenvalue weighted by atomic mass is 79.9. The Hall–Kier alpha value is -1.77. The Morgan fingerprint density at radius 3 is 2.43 bits per heavy atom. The minimum atomic E-state index is 0.450. The Morgan fingerprint density at radius 2 is 1.81 bits per heavy atom. The van der Waals surface area contributed by atoms with E-state index < -0.39 is 0 Å². The molecule has 1 aromatic heterocycles. The van der Waals surface area contributed by atoms with Gasteiger partial charge in [-0.3, -0.25) is 0 Å². The van der Waals surface area contributed by atoms with Crippen LogP contribution in [0.1, 0.15) is 0 Å². The van der Waals surface area contributed by atoms with Gasteiger partial charge < -0.3 is 20.2 Å². The fourth-order valence-electron chi connectivity index (χ4n) is 1.64. The fraction of sp³-hybridized carbons (Fsp3) is 0.167. The van der Waals surface area contributed by atoms with E-state index >= 15 is 0 Å². The maximum atomic E-state index is 6.07. The number of nitrogen functional groups attached to an aromatic ring is 1. The number of nitrogens with two attached hydrogens (primary N) is 1. The largest absolute Gasteiger partial charge is 0.495 e. The first-order valence-corrected chi connectivity index (χ1v) is 6.93. The van der Waals surface area contributed by atoms with Crippen LogP contribution in [0.3, 0.4) is 0 Å². The van der Waals surface area contributed by atoms with Crippen molar-refractivity contribution in [3.63, 3.8) is 0 Å². The number of ether oxygens (including phenoxy) is 2. The van der Waals surface area contributed by atoms with Crippen molar-refractivity contribution in [1.29, 1.82) is 0 Å². The van der Waals surface area contributed by atoms with Crippen LogP contribution in [0.4, 0.5) is 17.3 Å².